The molecule has 0 N–H and O–H groups in total. The molecule has 1 aliphatic heterocycles. The van der Waals surface area contributed by atoms with Crippen molar-refractivity contribution in [1.29, 1.82) is 0 Å². The Morgan fingerprint density at radius 1 is 1.38 bits per heavy atom. The van der Waals surface area contributed by atoms with Crippen LogP contribution in [0.1, 0.15) is 12.8 Å². The van der Waals surface area contributed by atoms with E-state index in [1.165, 1.54) is 0 Å². The zero-order chi connectivity index (χ0) is 10.1. The molecule has 0 bridgehead atoms. The van der Waals surface area contributed by atoms with Crippen LogP contribution in [0.3, 0.4) is 0 Å². The molecule has 13 heavy (non-hydrogen) atoms. The van der Waals surface area contributed by atoms with Gasteiger partial charge in [-0.3, -0.25) is 0 Å². The largest absolute Gasteiger partial charge is 0.523 e. The molecule has 1 rings (SSSR count). The first kappa shape index (κ1) is 10.7. The van der Waals surface area contributed by atoms with Crippen LogP contribution in [-0.4, -0.2) is 26.8 Å². The third-order valence-corrected chi connectivity index (χ3v) is 2.44. The quantitative estimate of drug-likeness (QED) is 0.514. The normalized spacial score (nSPS) is 25.0. The predicted molar refractivity (Wildman–Crippen MR) is 35.0 cm³/mol. The molecule has 0 aromatic carbocycles. The Labute approximate surface area is 72.8 Å². The first-order valence-electron chi connectivity index (χ1n) is 3.44. The topological polar surface area (TPSA) is 52.6 Å². The van der Waals surface area contributed by atoms with Gasteiger partial charge in [-0.15, -0.1) is 0 Å². The highest BCUT2D eigenvalue weighted by Gasteiger charge is 2.49. The SMILES string of the molecule is O=S(=O)(O[C@@H]1CCCO1)C(F)(F)F. The van der Waals surface area contributed by atoms with Crippen LogP contribution in [0, 0.1) is 0 Å². The molecule has 0 spiro atoms. The molecule has 1 heterocycles. The first-order chi connectivity index (χ1) is 5.83. The molecule has 0 aromatic rings. The minimum atomic E-state index is -5.51. The van der Waals surface area contributed by atoms with E-state index in [0.29, 0.717) is 6.42 Å². The molecule has 78 valence electrons. The lowest BCUT2D eigenvalue weighted by molar-refractivity contribution is -0.0837. The van der Waals surface area contributed by atoms with E-state index < -0.39 is 21.9 Å². The standard InChI is InChI=1S/C5H7F3O4S/c6-5(7,8)13(9,10)12-4-2-1-3-11-4/h4H,1-3H2/t4-/m1/s1. The van der Waals surface area contributed by atoms with Gasteiger partial charge in [0.2, 0.25) is 0 Å². The van der Waals surface area contributed by atoms with Crippen molar-refractivity contribution in [2.45, 2.75) is 24.6 Å². The van der Waals surface area contributed by atoms with Gasteiger partial charge in [-0.2, -0.15) is 21.6 Å². The number of hydrogen-bond donors (Lipinski definition) is 0. The van der Waals surface area contributed by atoms with Crippen LogP contribution in [0.4, 0.5) is 13.2 Å². The molecular weight excluding hydrogens is 213 g/mol. The van der Waals surface area contributed by atoms with Gasteiger partial charge in [0.25, 0.3) is 0 Å². The van der Waals surface area contributed by atoms with Gasteiger partial charge in [-0.05, 0) is 6.42 Å². The maximum atomic E-state index is 11.7. The zero-order valence-electron chi connectivity index (χ0n) is 6.37. The maximum Gasteiger partial charge on any atom is 0.523 e. The Kier molecular flexibility index (Phi) is 2.83. The summed E-state index contributed by atoms with van der Waals surface area (Å²) in [6, 6.07) is 0. The van der Waals surface area contributed by atoms with E-state index in [-0.39, 0.29) is 13.0 Å². The van der Waals surface area contributed by atoms with Crippen LogP contribution in [0.15, 0.2) is 0 Å². The summed E-state index contributed by atoms with van der Waals surface area (Å²) in [5, 5.41) is 0. The first-order valence-corrected chi connectivity index (χ1v) is 4.85. The Morgan fingerprint density at radius 2 is 2.00 bits per heavy atom. The zero-order valence-corrected chi connectivity index (χ0v) is 7.19. The molecule has 8 heteroatoms. The van der Waals surface area contributed by atoms with Crippen LogP contribution in [-0.2, 0) is 19.0 Å². The number of halogens is 3. The van der Waals surface area contributed by atoms with Crippen molar-refractivity contribution in [2.24, 2.45) is 0 Å². The monoisotopic (exact) mass is 220 g/mol. The van der Waals surface area contributed by atoms with E-state index in [4.69, 9.17) is 0 Å². The Morgan fingerprint density at radius 3 is 2.38 bits per heavy atom. The summed E-state index contributed by atoms with van der Waals surface area (Å²) in [6.45, 7) is 0.220. The average molecular weight is 220 g/mol. The molecule has 0 amide bonds. The minimum Gasteiger partial charge on any atom is -0.351 e. The third-order valence-electron chi connectivity index (χ3n) is 1.41. The fourth-order valence-electron chi connectivity index (χ4n) is 0.820. The van der Waals surface area contributed by atoms with Gasteiger partial charge in [-0.25, -0.2) is 4.18 Å². The van der Waals surface area contributed by atoms with Gasteiger partial charge < -0.3 is 4.74 Å². The van der Waals surface area contributed by atoms with E-state index in [9.17, 15) is 21.6 Å². The van der Waals surface area contributed by atoms with Crippen LogP contribution < -0.4 is 0 Å². The summed E-state index contributed by atoms with van der Waals surface area (Å²) in [5.74, 6) is 0. The van der Waals surface area contributed by atoms with Gasteiger partial charge >= 0.3 is 15.6 Å². The highest BCUT2D eigenvalue weighted by molar-refractivity contribution is 7.87. The lowest BCUT2D eigenvalue weighted by Gasteiger charge is -2.12. The lowest BCUT2D eigenvalue weighted by atomic mass is 10.4. The summed E-state index contributed by atoms with van der Waals surface area (Å²) < 4.78 is 64.3. The summed E-state index contributed by atoms with van der Waals surface area (Å²) >= 11 is 0. The van der Waals surface area contributed by atoms with Crippen molar-refractivity contribution >= 4 is 10.1 Å². The fourth-order valence-corrected chi connectivity index (χ4v) is 1.36. The summed E-state index contributed by atoms with van der Waals surface area (Å²) in [7, 11) is -5.51. The predicted octanol–water partition coefficient (Wildman–Crippen LogP) is 0.989. The molecule has 0 aliphatic carbocycles. The highest BCUT2D eigenvalue weighted by Crippen LogP contribution is 2.27. The van der Waals surface area contributed by atoms with Gasteiger partial charge in [0, 0.05) is 13.0 Å². The molecule has 1 atom stereocenters. The molecule has 1 fully saturated rings. The highest BCUT2D eigenvalue weighted by atomic mass is 32.2. The van der Waals surface area contributed by atoms with Crippen LogP contribution in [0.2, 0.25) is 0 Å². The molecule has 0 unspecified atom stereocenters. The van der Waals surface area contributed by atoms with E-state index >= 15 is 0 Å². The van der Waals surface area contributed by atoms with Gasteiger partial charge in [0.1, 0.15) is 0 Å². The van der Waals surface area contributed by atoms with E-state index in [1.54, 1.807) is 0 Å². The molecule has 0 saturated carbocycles. The van der Waals surface area contributed by atoms with E-state index in [2.05, 4.69) is 8.92 Å². The second kappa shape index (κ2) is 3.43. The minimum absolute atomic E-state index is 0.162. The summed E-state index contributed by atoms with van der Waals surface area (Å²) in [5.41, 5.74) is -5.38. The molecule has 0 aromatic heterocycles. The summed E-state index contributed by atoms with van der Waals surface area (Å²) in [6.07, 6.45) is -0.625. The molecule has 0 radical (unpaired) electrons. The van der Waals surface area contributed by atoms with Crippen LogP contribution in [0.5, 0.6) is 0 Å². The lowest BCUT2D eigenvalue weighted by Crippen LogP contribution is -2.29. The Hall–Kier alpha value is -0.340. The molecule has 4 nitrogen and oxygen atoms in total. The van der Waals surface area contributed by atoms with Gasteiger partial charge in [0.05, 0.1) is 0 Å². The number of hydrogen-bond acceptors (Lipinski definition) is 4. The van der Waals surface area contributed by atoms with Crippen molar-refractivity contribution in [2.75, 3.05) is 6.61 Å². The van der Waals surface area contributed by atoms with Crippen molar-refractivity contribution in [3.8, 4) is 0 Å². The number of ether oxygens (including phenoxy) is 1. The van der Waals surface area contributed by atoms with Crippen molar-refractivity contribution in [3.63, 3.8) is 0 Å². The second-order valence-electron chi connectivity index (χ2n) is 2.44. The van der Waals surface area contributed by atoms with E-state index in [0.717, 1.165) is 0 Å². The third kappa shape index (κ3) is 2.55. The number of rotatable bonds is 2. The smallest absolute Gasteiger partial charge is 0.351 e. The average Bonchev–Trinajstić information content (AvgIpc) is 2.35. The van der Waals surface area contributed by atoms with Crippen molar-refractivity contribution in [1.82, 2.24) is 0 Å². The molecule has 1 aliphatic rings. The van der Waals surface area contributed by atoms with Crippen molar-refractivity contribution < 1.29 is 30.5 Å². The van der Waals surface area contributed by atoms with Gasteiger partial charge in [0.15, 0.2) is 6.29 Å². The fraction of sp³-hybridized carbons (Fsp3) is 1.00. The second-order valence-corrected chi connectivity index (χ2v) is 4.00. The summed E-state index contributed by atoms with van der Waals surface area (Å²) in [4.78, 5) is 0. The molecule has 1 saturated heterocycles. The van der Waals surface area contributed by atoms with Crippen LogP contribution in [0.25, 0.3) is 0 Å². The van der Waals surface area contributed by atoms with Gasteiger partial charge in [-0.1, -0.05) is 0 Å². The maximum absolute atomic E-state index is 11.7. The van der Waals surface area contributed by atoms with E-state index in [1.807, 2.05) is 0 Å². The van der Waals surface area contributed by atoms with Crippen LogP contribution >= 0.6 is 0 Å². The number of alkyl halides is 3. The Bertz CT molecular complexity index is 264. The molecular formula is C5H7F3O4S. The van der Waals surface area contributed by atoms with Crippen molar-refractivity contribution in [3.05, 3.63) is 0 Å². The Balaban J connectivity index is 2.62.